The van der Waals surface area contributed by atoms with E-state index in [1.54, 1.807) is 0 Å². The van der Waals surface area contributed by atoms with Gasteiger partial charge in [-0.2, -0.15) is 0 Å². The molecule has 144 valence electrons. The van der Waals surface area contributed by atoms with Crippen molar-refractivity contribution in [3.05, 3.63) is 109 Å². The third-order valence-electron chi connectivity index (χ3n) is 5.13. The SMILES string of the molecule is CC(C)(C)P(c1ccccc1-c1ccccc1)c1ccccc1-c1ccccc1. The minimum absolute atomic E-state index is 0.130. The lowest BCUT2D eigenvalue weighted by Gasteiger charge is -2.35. The normalized spacial score (nSPS) is 11.6. The summed E-state index contributed by atoms with van der Waals surface area (Å²) in [6.07, 6.45) is 0. The molecule has 0 aromatic heterocycles. The Kier molecular flexibility index (Phi) is 5.65. The van der Waals surface area contributed by atoms with Gasteiger partial charge in [-0.1, -0.05) is 130 Å². The van der Waals surface area contributed by atoms with E-state index in [1.165, 1.54) is 32.9 Å². The molecule has 0 amide bonds. The summed E-state index contributed by atoms with van der Waals surface area (Å²) in [5.41, 5.74) is 5.27. The lowest BCUT2D eigenvalue weighted by molar-refractivity contribution is 0.793. The van der Waals surface area contributed by atoms with Crippen LogP contribution in [0.15, 0.2) is 109 Å². The summed E-state index contributed by atoms with van der Waals surface area (Å²) >= 11 is 0. The molecule has 0 aliphatic rings. The Bertz CT molecular complexity index is 993. The first kappa shape index (κ1) is 19.6. The minimum atomic E-state index is -0.581. The molecule has 4 rings (SSSR count). The van der Waals surface area contributed by atoms with Gasteiger partial charge in [-0.25, -0.2) is 0 Å². The van der Waals surface area contributed by atoms with Crippen LogP contribution < -0.4 is 10.6 Å². The maximum atomic E-state index is 2.38. The van der Waals surface area contributed by atoms with Crippen molar-refractivity contribution in [2.24, 2.45) is 0 Å². The molecule has 0 spiro atoms. The van der Waals surface area contributed by atoms with E-state index in [4.69, 9.17) is 0 Å². The molecule has 4 aromatic carbocycles. The van der Waals surface area contributed by atoms with Gasteiger partial charge >= 0.3 is 0 Å². The molecule has 0 saturated carbocycles. The summed E-state index contributed by atoms with van der Waals surface area (Å²) in [4.78, 5) is 0. The van der Waals surface area contributed by atoms with Crippen molar-refractivity contribution >= 4 is 18.5 Å². The van der Waals surface area contributed by atoms with Crippen LogP contribution in [0.25, 0.3) is 22.3 Å². The van der Waals surface area contributed by atoms with E-state index in [2.05, 4.69) is 130 Å². The molecule has 0 unspecified atom stereocenters. The topological polar surface area (TPSA) is 0 Å². The van der Waals surface area contributed by atoms with Crippen LogP contribution in [0.4, 0.5) is 0 Å². The van der Waals surface area contributed by atoms with Gasteiger partial charge in [0.05, 0.1) is 0 Å². The second kappa shape index (κ2) is 8.36. The molecule has 0 atom stereocenters. The van der Waals surface area contributed by atoms with Crippen molar-refractivity contribution in [2.45, 2.75) is 25.9 Å². The predicted octanol–water partition coefficient (Wildman–Crippen LogP) is 7.25. The van der Waals surface area contributed by atoms with Crippen molar-refractivity contribution in [1.82, 2.24) is 0 Å². The lowest BCUT2D eigenvalue weighted by atomic mass is 10.1. The summed E-state index contributed by atoms with van der Waals surface area (Å²) in [6, 6.07) is 39.5. The van der Waals surface area contributed by atoms with E-state index in [-0.39, 0.29) is 5.16 Å². The average molecular weight is 394 g/mol. The van der Waals surface area contributed by atoms with Crippen LogP contribution in [0.2, 0.25) is 0 Å². The molecule has 0 fully saturated rings. The second-order valence-corrected chi connectivity index (χ2v) is 11.2. The van der Waals surface area contributed by atoms with Crippen LogP contribution >= 0.6 is 7.92 Å². The summed E-state index contributed by atoms with van der Waals surface area (Å²) in [6.45, 7) is 7.13. The Morgan fingerprint density at radius 1 is 0.448 bits per heavy atom. The minimum Gasteiger partial charge on any atom is -0.0622 e. The zero-order valence-electron chi connectivity index (χ0n) is 17.3. The monoisotopic (exact) mass is 394 g/mol. The van der Waals surface area contributed by atoms with E-state index in [0.29, 0.717) is 0 Å². The van der Waals surface area contributed by atoms with Crippen LogP contribution in [0.5, 0.6) is 0 Å². The van der Waals surface area contributed by atoms with Crippen LogP contribution in [0.1, 0.15) is 20.8 Å². The summed E-state index contributed by atoms with van der Waals surface area (Å²) in [5.74, 6) is 0. The van der Waals surface area contributed by atoms with E-state index >= 15 is 0 Å². The average Bonchev–Trinajstić information content (AvgIpc) is 2.75. The first-order valence-electron chi connectivity index (χ1n) is 10.1. The highest BCUT2D eigenvalue weighted by molar-refractivity contribution is 7.74. The third-order valence-corrected chi connectivity index (χ3v) is 8.22. The molecule has 0 heterocycles. The first-order valence-corrected chi connectivity index (χ1v) is 11.5. The zero-order valence-corrected chi connectivity index (χ0v) is 18.2. The predicted molar refractivity (Wildman–Crippen MR) is 130 cm³/mol. The Balaban J connectivity index is 1.95. The van der Waals surface area contributed by atoms with Crippen LogP contribution in [0, 0.1) is 0 Å². The molecular weight excluding hydrogens is 367 g/mol. The summed E-state index contributed by atoms with van der Waals surface area (Å²) in [5, 5.41) is 3.03. The molecule has 0 aliphatic heterocycles. The van der Waals surface area contributed by atoms with E-state index in [0.717, 1.165) is 0 Å². The molecule has 0 radical (unpaired) electrons. The molecule has 0 saturated heterocycles. The maximum absolute atomic E-state index is 2.38. The maximum Gasteiger partial charge on any atom is -0.00987 e. The molecular formula is C28H27P. The lowest BCUT2D eigenvalue weighted by Crippen LogP contribution is -2.28. The van der Waals surface area contributed by atoms with Crippen LogP contribution in [0.3, 0.4) is 0 Å². The zero-order chi connectivity index (χ0) is 20.3. The van der Waals surface area contributed by atoms with Gasteiger partial charge in [0, 0.05) is 0 Å². The van der Waals surface area contributed by atoms with Gasteiger partial charge in [0.2, 0.25) is 0 Å². The Labute approximate surface area is 176 Å². The van der Waals surface area contributed by atoms with Gasteiger partial charge in [0.25, 0.3) is 0 Å². The van der Waals surface area contributed by atoms with Crippen LogP contribution in [-0.4, -0.2) is 5.16 Å². The number of hydrogen-bond acceptors (Lipinski definition) is 0. The van der Waals surface area contributed by atoms with Gasteiger partial charge in [0.1, 0.15) is 0 Å². The first-order chi connectivity index (χ1) is 14.1. The quantitative estimate of drug-likeness (QED) is 0.320. The smallest absolute Gasteiger partial charge is 0.00987 e. The van der Waals surface area contributed by atoms with Crippen molar-refractivity contribution in [3.63, 3.8) is 0 Å². The molecule has 0 bridgehead atoms. The van der Waals surface area contributed by atoms with Gasteiger partial charge in [-0.15, -0.1) is 0 Å². The van der Waals surface area contributed by atoms with E-state index in [1.807, 2.05) is 0 Å². The molecule has 29 heavy (non-hydrogen) atoms. The Morgan fingerprint density at radius 3 is 1.17 bits per heavy atom. The summed E-state index contributed by atoms with van der Waals surface area (Å²) < 4.78 is 0. The fourth-order valence-corrected chi connectivity index (χ4v) is 6.98. The van der Waals surface area contributed by atoms with Gasteiger partial charge < -0.3 is 0 Å². The van der Waals surface area contributed by atoms with Crippen molar-refractivity contribution in [3.8, 4) is 22.3 Å². The van der Waals surface area contributed by atoms with Crippen molar-refractivity contribution in [1.29, 1.82) is 0 Å². The fourth-order valence-electron chi connectivity index (χ4n) is 3.91. The number of benzene rings is 4. The highest BCUT2D eigenvalue weighted by Crippen LogP contribution is 2.51. The highest BCUT2D eigenvalue weighted by atomic mass is 31.1. The molecule has 4 aromatic rings. The standard InChI is InChI=1S/C28H27P/c1-28(2,3)29(26-20-12-10-18-24(26)22-14-6-4-7-15-22)27-21-13-11-19-25(27)23-16-8-5-9-17-23/h4-21H,1-3H3. The Morgan fingerprint density at radius 2 is 0.793 bits per heavy atom. The van der Waals surface area contributed by atoms with Gasteiger partial charge in [0.15, 0.2) is 0 Å². The van der Waals surface area contributed by atoms with Crippen molar-refractivity contribution in [2.75, 3.05) is 0 Å². The molecule has 0 N–H and O–H groups in total. The molecule has 0 nitrogen and oxygen atoms in total. The van der Waals surface area contributed by atoms with E-state index in [9.17, 15) is 0 Å². The van der Waals surface area contributed by atoms with Crippen LogP contribution in [-0.2, 0) is 0 Å². The second-order valence-electron chi connectivity index (χ2n) is 8.27. The van der Waals surface area contributed by atoms with Gasteiger partial charge in [-0.05, 0) is 45.9 Å². The van der Waals surface area contributed by atoms with E-state index < -0.39 is 7.92 Å². The number of rotatable bonds is 4. The summed E-state index contributed by atoms with van der Waals surface area (Å²) in [7, 11) is -0.581. The third kappa shape index (κ3) is 4.19. The van der Waals surface area contributed by atoms with Gasteiger partial charge in [-0.3, -0.25) is 0 Å². The highest BCUT2D eigenvalue weighted by Gasteiger charge is 2.31. The van der Waals surface area contributed by atoms with Crippen molar-refractivity contribution < 1.29 is 0 Å². The number of hydrogen-bond donors (Lipinski definition) is 0. The fraction of sp³-hybridized carbons (Fsp3) is 0.143. The molecule has 0 aliphatic carbocycles. The molecule has 1 heteroatoms. The Hall–Kier alpha value is -2.69. The largest absolute Gasteiger partial charge is 0.0622 e.